The first-order chi connectivity index (χ1) is 12.2. The van der Waals surface area contributed by atoms with Crippen LogP contribution in [0.1, 0.15) is 37.7 Å². The van der Waals surface area contributed by atoms with Crippen LogP contribution >= 0.6 is 0 Å². The molecule has 0 spiro atoms. The van der Waals surface area contributed by atoms with E-state index in [0.717, 1.165) is 24.2 Å². The van der Waals surface area contributed by atoms with E-state index in [2.05, 4.69) is 10.6 Å². The van der Waals surface area contributed by atoms with Gasteiger partial charge in [0.05, 0.1) is 0 Å². The zero-order valence-electron chi connectivity index (χ0n) is 14.2. The molecule has 3 atom stereocenters. The van der Waals surface area contributed by atoms with E-state index in [1.807, 2.05) is 24.3 Å². The fourth-order valence-corrected chi connectivity index (χ4v) is 3.60. The molecular weight excluding hydrogens is 359 g/mol. The van der Waals surface area contributed by atoms with Gasteiger partial charge in [0.15, 0.2) is 0 Å². The number of rotatable bonds is 0. The Bertz CT molecular complexity index is 580. The molecule has 1 saturated heterocycles. The minimum absolute atomic E-state index is 0.117. The summed E-state index contributed by atoms with van der Waals surface area (Å²) in [7, 11) is 0. The van der Waals surface area contributed by atoms with Crippen molar-refractivity contribution in [1.29, 1.82) is 0 Å². The number of benzene rings is 1. The summed E-state index contributed by atoms with van der Waals surface area (Å²) in [5.41, 5.74) is 1.71. The molecule has 1 saturated carbocycles. The molecular formula is C18H25N2O4V-2. The molecule has 0 bridgehead atoms. The van der Waals surface area contributed by atoms with Crippen LogP contribution in [0.5, 0.6) is 5.75 Å². The summed E-state index contributed by atoms with van der Waals surface area (Å²) < 4.78 is 15.7. The third kappa shape index (κ3) is 5.94. The number of hydrogen-bond donors (Lipinski definition) is 3. The van der Waals surface area contributed by atoms with Gasteiger partial charge in [0.1, 0.15) is 5.75 Å². The number of aliphatic hydroxyl groups is 1. The van der Waals surface area contributed by atoms with Crippen LogP contribution in [0.15, 0.2) is 24.3 Å². The maximum atomic E-state index is 9.61. The zero-order chi connectivity index (χ0) is 18.1. The second-order valence-electron chi connectivity index (χ2n) is 6.34. The molecule has 3 N–H and O–H groups in total. The molecule has 2 aliphatic heterocycles. The molecule has 3 aliphatic rings. The van der Waals surface area contributed by atoms with Crippen molar-refractivity contribution < 1.29 is 34.5 Å². The van der Waals surface area contributed by atoms with Gasteiger partial charge in [0.2, 0.25) is 0 Å². The van der Waals surface area contributed by atoms with Gasteiger partial charge < -0.3 is 20.8 Å². The average molecular weight is 384 g/mol. The monoisotopic (exact) mass is 384 g/mol. The number of fused-ring (bicyclic) bond motifs is 2. The molecule has 1 aliphatic carbocycles. The summed E-state index contributed by atoms with van der Waals surface area (Å²) in [4.78, 5) is 0. The predicted molar refractivity (Wildman–Crippen MR) is 92.5 cm³/mol. The van der Waals surface area contributed by atoms with Crippen LogP contribution in [0.4, 0.5) is 5.69 Å². The van der Waals surface area contributed by atoms with Gasteiger partial charge in [-0.15, -0.1) is 25.2 Å². The number of hydrogen-bond acceptors (Lipinski definition) is 3. The summed E-state index contributed by atoms with van der Waals surface area (Å²) in [6, 6.07) is 5.72. The Balaban J connectivity index is 0.000000156. The first-order valence-corrected chi connectivity index (χ1v) is 9.84. The van der Waals surface area contributed by atoms with Crippen molar-refractivity contribution in [3.05, 3.63) is 40.5 Å². The van der Waals surface area contributed by atoms with Crippen molar-refractivity contribution in [1.82, 2.24) is 0 Å². The van der Waals surface area contributed by atoms with Crippen LogP contribution in [0.2, 0.25) is 0 Å². The molecule has 25 heavy (non-hydrogen) atoms. The minimum atomic E-state index is -1.56. The van der Waals surface area contributed by atoms with Crippen molar-refractivity contribution in [3.8, 4) is 5.75 Å². The van der Waals surface area contributed by atoms with Crippen LogP contribution in [-0.2, 0) is 20.3 Å². The maximum absolute atomic E-state index is 9.61. The first-order valence-electron chi connectivity index (χ1n) is 8.64. The Morgan fingerprint density at radius 2 is 1.92 bits per heavy atom. The van der Waals surface area contributed by atoms with Crippen LogP contribution in [0.25, 0.3) is 16.7 Å². The van der Waals surface area contributed by atoms with E-state index in [0.29, 0.717) is 18.5 Å². The topological polar surface area (TPSA) is 106 Å². The standard InChI is InChI=1S/C9H16NO.C9H8NO.H2O.O.V/c2*11-8-5-1-3-7-4-2-6-10-9(7)8;;;/h7-9,11H,1-6H2;1-5,11H,6H2;1H2;;/q2*-1;;;+1/p-1. The average Bonchev–Trinajstić information content (AvgIpc) is 2.64. The molecule has 7 heteroatoms. The van der Waals surface area contributed by atoms with Gasteiger partial charge in [-0.2, -0.15) is 0 Å². The summed E-state index contributed by atoms with van der Waals surface area (Å²) in [5.74, 6) is 0.986. The van der Waals surface area contributed by atoms with Gasteiger partial charge >= 0.3 is 24.3 Å². The Labute approximate surface area is 156 Å². The summed E-state index contributed by atoms with van der Waals surface area (Å²) >= 11 is -1.56. The van der Waals surface area contributed by atoms with Gasteiger partial charge in [-0.05, 0) is 18.1 Å². The van der Waals surface area contributed by atoms with Crippen LogP contribution in [0, 0.1) is 5.92 Å². The van der Waals surface area contributed by atoms with E-state index in [1.54, 1.807) is 6.07 Å². The molecule has 4 rings (SSSR count). The fraction of sp³-hybridized carbons (Fsp3) is 0.556. The summed E-state index contributed by atoms with van der Waals surface area (Å²) in [5, 5.41) is 27.6. The number of phenolic OH excluding ortho intramolecular Hbond substituents is 1. The Kier molecular flexibility index (Phi) is 8.65. The first kappa shape index (κ1) is 20.1. The van der Waals surface area contributed by atoms with Crippen molar-refractivity contribution >= 4 is 11.8 Å². The van der Waals surface area contributed by atoms with Gasteiger partial charge in [-0.25, -0.2) is 0 Å². The third-order valence-corrected chi connectivity index (χ3v) is 4.72. The van der Waals surface area contributed by atoms with Gasteiger partial charge in [-0.3, -0.25) is 0 Å². The van der Waals surface area contributed by atoms with Crippen molar-refractivity contribution in [2.24, 2.45) is 5.92 Å². The number of piperidine rings is 1. The molecule has 0 amide bonds. The molecule has 0 radical (unpaired) electrons. The Morgan fingerprint density at radius 3 is 2.64 bits per heavy atom. The fourth-order valence-electron chi connectivity index (χ4n) is 3.60. The zero-order valence-corrected chi connectivity index (χ0v) is 15.6. The summed E-state index contributed by atoms with van der Waals surface area (Å²) in [6.45, 7) is 1.66. The van der Waals surface area contributed by atoms with E-state index >= 15 is 0 Å². The number of aliphatic hydroxyl groups excluding tert-OH is 1. The van der Waals surface area contributed by atoms with Crippen molar-refractivity contribution in [2.75, 3.05) is 13.1 Å². The van der Waals surface area contributed by atoms with Crippen LogP contribution in [0.3, 0.4) is 0 Å². The van der Waals surface area contributed by atoms with Crippen LogP contribution in [-0.4, -0.2) is 39.5 Å². The Hall–Kier alpha value is -1.18. The molecule has 2 fully saturated rings. The van der Waals surface area contributed by atoms with E-state index in [-0.39, 0.29) is 11.9 Å². The molecule has 0 aromatic heterocycles. The second-order valence-corrected chi connectivity index (χ2v) is 6.59. The molecule has 6 nitrogen and oxygen atoms in total. The third-order valence-electron chi connectivity index (χ3n) is 4.72. The number of nitrogens with zero attached hydrogens (tertiary/aromatic N) is 2. The Morgan fingerprint density at radius 1 is 1.16 bits per heavy atom. The van der Waals surface area contributed by atoms with E-state index in [9.17, 15) is 10.2 Å². The van der Waals surface area contributed by atoms with E-state index in [4.69, 9.17) is 7.71 Å². The predicted octanol–water partition coefficient (Wildman–Crippen LogP) is 3.43. The molecule has 1 aromatic carbocycles. The van der Waals surface area contributed by atoms with E-state index in [1.165, 1.54) is 25.7 Å². The number of phenols is 1. The van der Waals surface area contributed by atoms with E-state index < -0.39 is 16.6 Å². The summed E-state index contributed by atoms with van der Waals surface area (Å²) in [6.07, 6.45) is 9.85. The number of para-hydroxylation sites is 1. The quantitative estimate of drug-likeness (QED) is 0.637. The molecule has 138 valence electrons. The van der Waals surface area contributed by atoms with Crippen molar-refractivity contribution in [2.45, 2.75) is 44.2 Å². The van der Waals surface area contributed by atoms with Gasteiger partial charge in [0, 0.05) is 6.10 Å². The normalized spacial score (nSPS) is 26.4. The second kappa shape index (κ2) is 10.7. The van der Waals surface area contributed by atoms with Crippen molar-refractivity contribution in [3.63, 3.8) is 0 Å². The van der Waals surface area contributed by atoms with Crippen LogP contribution < -0.4 is 0 Å². The molecule has 3 unspecified atom stereocenters. The molecule has 2 heterocycles. The van der Waals surface area contributed by atoms with Gasteiger partial charge in [-0.1, -0.05) is 55.5 Å². The van der Waals surface area contributed by atoms with Gasteiger partial charge in [0.25, 0.3) is 0 Å². The molecule has 1 aromatic rings. The number of aromatic hydroxyl groups is 1. The SMILES string of the molecule is OC1CCCC2CCC[N-]C12.Oc1cccc2c1[N-]CC=C2.[O]=[V][OH].